The van der Waals surface area contributed by atoms with Crippen LogP contribution in [0.3, 0.4) is 0 Å². The van der Waals surface area contributed by atoms with Crippen molar-refractivity contribution in [1.29, 1.82) is 0 Å². The minimum atomic E-state index is -4.49. The van der Waals surface area contributed by atoms with Crippen LogP contribution in [0.15, 0.2) is 11.8 Å². The molecular weight excluding hydrogens is 207 g/mol. The molecule has 0 saturated carbocycles. The molecule has 0 spiro atoms. The van der Waals surface area contributed by atoms with E-state index in [4.69, 9.17) is 0 Å². The standard InChI is InChI=1S/C10H16F3NO/c1-4-7(5-2)8(15)6-9(14-3)10(11,12)13/h6-7,14H,4-5H2,1-3H3/b9-6-. The molecule has 0 amide bonds. The van der Waals surface area contributed by atoms with Gasteiger partial charge in [-0.05, 0) is 12.8 Å². The number of hydrogen-bond donors (Lipinski definition) is 1. The second kappa shape index (κ2) is 5.78. The highest BCUT2D eigenvalue weighted by molar-refractivity contribution is 5.92. The third-order valence-electron chi connectivity index (χ3n) is 2.25. The van der Waals surface area contributed by atoms with Crippen LogP contribution in [0.2, 0.25) is 0 Å². The molecule has 88 valence electrons. The van der Waals surface area contributed by atoms with E-state index in [0.717, 1.165) is 7.05 Å². The van der Waals surface area contributed by atoms with Gasteiger partial charge in [0.05, 0.1) is 0 Å². The molecule has 1 N–H and O–H groups in total. The molecule has 0 radical (unpaired) electrons. The maximum atomic E-state index is 12.3. The van der Waals surface area contributed by atoms with E-state index < -0.39 is 17.7 Å². The fourth-order valence-electron chi connectivity index (χ4n) is 1.25. The molecule has 0 fully saturated rings. The normalized spacial score (nSPS) is 13.1. The Morgan fingerprint density at radius 3 is 2.07 bits per heavy atom. The molecule has 5 heteroatoms. The van der Waals surface area contributed by atoms with Crippen LogP contribution in [-0.2, 0) is 4.79 Å². The van der Waals surface area contributed by atoms with Gasteiger partial charge in [-0.25, -0.2) is 0 Å². The van der Waals surface area contributed by atoms with Crippen LogP contribution in [0.5, 0.6) is 0 Å². The predicted molar refractivity (Wildman–Crippen MR) is 52.3 cm³/mol. The number of rotatable bonds is 5. The van der Waals surface area contributed by atoms with Crippen LogP contribution >= 0.6 is 0 Å². The molecule has 0 unspecified atom stereocenters. The third kappa shape index (κ3) is 4.36. The average Bonchev–Trinajstić information content (AvgIpc) is 2.14. The largest absolute Gasteiger partial charge is 0.431 e. The summed E-state index contributed by atoms with van der Waals surface area (Å²) in [6, 6.07) is 0. The Kier molecular flexibility index (Phi) is 5.39. The van der Waals surface area contributed by atoms with Crippen LogP contribution < -0.4 is 5.32 Å². The lowest BCUT2D eigenvalue weighted by molar-refractivity contribution is -0.120. The number of carbonyl (C=O) groups is 1. The summed E-state index contributed by atoms with van der Waals surface area (Å²) in [5.74, 6) is -0.794. The van der Waals surface area contributed by atoms with E-state index in [0.29, 0.717) is 18.9 Å². The highest BCUT2D eigenvalue weighted by Gasteiger charge is 2.34. The zero-order valence-corrected chi connectivity index (χ0v) is 9.11. The molecule has 0 bridgehead atoms. The van der Waals surface area contributed by atoms with Gasteiger partial charge in [0.1, 0.15) is 5.70 Å². The molecule has 0 aromatic rings. The van der Waals surface area contributed by atoms with Gasteiger partial charge in [-0.15, -0.1) is 0 Å². The second-order valence-electron chi connectivity index (χ2n) is 3.22. The first kappa shape index (κ1) is 14.0. The minimum absolute atomic E-state index is 0.323. The van der Waals surface area contributed by atoms with Crippen molar-refractivity contribution in [3.8, 4) is 0 Å². The van der Waals surface area contributed by atoms with E-state index >= 15 is 0 Å². The molecule has 0 aromatic carbocycles. The van der Waals surface area contributed by atoms with Crippen LogP contribution in [0.4, 0.5) is 13.2 Å². The van der Waals surface area contributed by atoms with Gasteiger partial charge in [0.2, 0.25) is 0 Å². The Balaban J connectivity index is 4.77. The van der Waals surface area contributed by atoms with E-state index in [9.17, 15) is 18.0 Å². The van der Waals surface area contributed by atoms with Crippen molar-refractivity contribution in [2.45, 2.75) is 32.9 Å². The van der Waals surface area contributed by atoms with Crippen molar-refractivity contribution in [1.82, 2.24) is 5.32 Å². The fourth-order valence-corrected chi connectivity index (χ4v) is 1.25. The highest BCUT2D eigenvalue weighted by Crippen LogP contribution is 2.24. The van der Waals surface area contributed by atoms with E-state index in [1.807, 2.05) is 5.32 Å². The van der Waals surface area contributed by atoms with E-state index in [2.05, 4.69) is 0 Å². The number of alkyl halides is 3. The maximum Gasteiger partial charge on any atom is 0.431 e. The Morgan fingerprint density at radius 1 is 1.33 bits per heavy atom. The van der Waals surface area contributed by atoms with Gasteiger partial charge in [0, 0.05) is 19.0 Å². The lowest BCUT2D eigenvalue weighted by Gasteiger charge is -2.13. The molecule has 15 heavy (non-hydrogen) atoms. The molecule has 0 aliphatic rings. The zero-order chi connectivity index (χ0) is 12.1. The lowest BCUT2D eigenvalue weighted by Crippen LogP contribution is -2.25. The number of carbonyl (C=O) groups excluding carboxylic acids is 1. The first-order valence-corrected chi connectivity index (χ1v) is 4.87. The molecular formula is C10H16F3NO. The van der Waals surface area contributed by atoms with Gasteiger partial charge < -0.3 is 5.32 Å². The van der Waals surface area contributed by atoms with Crippen molar-refractivity contribution in [2.24, 2.45) is 5.92 Å². The summed E-state index contributed by atoms with van der Waals surface area (Å²) in [6.07, 6.45) is -2.73. The SMILES string of the molecule is CCC(CC)C(=O)/C=C(\NC)C(F)(F)F. The Hall–Kier alpha value is -1.00. The fraction of sp³-hybridized carbons (Fsp3) is 0.700. The molecule has 0 aliphatic carbocycles. The number of ketones is 1. The van der Waals surface area contributed by atoms with Gasteiger partial charge in [-0.3, -0.25) is 4.79 Å². The topological polar surface area (TPSA) is 29.1 Å². The minimum Gasteiger partial charge on any atom is -0.384 e. The Labute approximate surface area is 87.5 Å². The smallest absolute Gasteiger partial charge is 0.384 e. The van der Waals surface area contributed by atoms with Crippen molar-refractivity contribution >= 4 is 5.78 Å². The molecule has 2 nitrogen and oxygen atoms in total. The van der Waals surface area contributed by atoms with Gasteiger partial charge in [0.15, 0.2) is 5.78 Å². The maximum absolute atomic E-state index is 12.3. The summed E-state index contributed by atoms with van der Waals surface area (Å²) in [6.45, 7) is 3.57. The van der Waals surface area contributed by atoms with Gasteiger partial charge in [0.25, 0.3) is 0 Å². The Morgan fingerprint density at radius 2 is 1.80 bits per heavy atom. The van der Waals surface area contributed by atoms with Crippen molar-refractivity contribution in [3.05, 3.63) is 11.8 Å². The first-order chi connectivity index (χ1) is 6.86. The number of halogens is 3. The molecule has 0 rings (SSSR count). The van der Waals surface area contributed by atoms with Crippen LogP contribution in [-0.4, -0.2) is 19.0 Å². The molecule has 0 heterocycles. The van der Waals surface area contributed by atoms with Crippen LogP contribution in [0.1, 0.15) is 26.7 Å². The van der Waals surface area contributed by atoms with Gasteiger partial charge in [-0.2, -0.15) is 13.2 Å². The van der Waals surface area contributed by atoms with Crippen LogP contribution in [0.25, 0.3) is 0 Å². The summed E-state index contributed by atoms with van der Waals surface area (Å²) in [5, 5.41) is 1.99. The third-order valence-corrected chi connectivity index (χ3v) is 2.25. The number of nitrogens with one attached hydrogen (secondary N) is 1. The zero-order valence-electron chi connectivity index (χ0n) is 9.11. The number of hydrogen-bond acceptors (Lipinski definition) is 2. The van der Waals surface area contributed by atoms with Crippen molar-refractivity contribution < 1.29 is 18.0 Å². The summed E-state index contributed by atoms with van der Waals surface area (Å²) < 4.78 is 36.8. The summed E-state index contributed by atoms with van der Waals surface area (Å²) in [5.41, 5.74) is -0.987. The quantitative estimate of drug-likeness (QED) is 0.726. The summed E-state index contributed by atoms with van der Waals surface area (Å²) in [7, 11) is 1.15. The molecule has 0 aromatic heterocycles. The van der Waals surface area contributed by atoms with E-state index in [1.165, 1.54) is 0 Å². The summed E-state index contributed by atoms with van der Waals surface area (Å²) in [4.78, 5) is 11.4. The molecule has 0 aliphatic heterocycles. The molecule has 0 saturated heterocycles. The predicted octanol–water partition coefficient (Wildman–Crippen LogP) is 2.66. The van der Waals surface area contributed by atoms with Crippen molar-refractivity contribution in [3.63, 3.8) is 0 Å². The molecule has 0 atom stereocenters. The van der Waals surface area contributed by atoms with E-state index in [-0.39, 0.29) is 5.92 Å². The Bertz CT molecular complexity index is 242. The van der Waals surface area contributed by atoms with Gasteiger partial charge in [-0.1, -0.05) is 13.8 Å². The first-order valence-electron chi connectivity index (χ1n) is 4.87. The monoisotopic (exact) mass is 223 g/mol. The second-order valence-corrected chi connectivity index (χ2v) is 3.22. The number of allylic oxidation sites excluding steroid dienone is 2. The van der Waals surface area contributed by atoms with Crippen molar-refractivity contribution in [2.75, 3.05) is 7.05 Å². The van der Waals surface area contributed by atoms with Crippen LogP contribution in [0, 0.1) is 5.92 Å². The van der Waals surface area contributed by atoms with E-state index in [1.54, 1.807) is 13.8 Å². The summed E-state index contributed by atoms with van der Waals surface area (Å²) >= 11 is 0. The van der Waals surface area contributed by atoms with Gasteiger partial charge >= 0.3 is 6.18 Å². The highest BCUT2D eigenvalue weighted by atomic mass is 19.4. The average molecular weight is 223 g/mol. The lowest BCUT2D eigenvalue weighted by atomic mass is 9.97.